The summed E-state index contributed by atoms with van der Waals surface area (Å²) in [6, 6.07) is 11.0. The molecule has 8 heteroatoms. The first kappa shape index (κ1) is 20.9. The molecule has 2 atom stereocenters. The Hall–Kier alpha value is -1.37. The second-order valence-electron chi connectivity index (χ2n) is 5.82. The number of carbonyl (C=O) groups is 1. The van der Waals surface area contributed by atoms with Crippen molar-refractivity contribution in [2.24, 2.45) is 5.73 Å². The van der Waals surface area contributed by atoms with Crippen molar-refractivity contribution >= 4 is 41.5 Å². The molecule has 0 aromatic heterocycles. The van der Waals surface area contributed by atoms with Gasteiger partial charge in [0, 0.05) is 17.1 Å². The van der Waals surface area contributed by atoms with Crippen LogP contribution in [0.15, 0.2) is 42.5 Å². The van der Waals surface area contributed by atoms with Gasteiger partial charge in [-0.3, -0.25) is 4.79 Å². The number of morpholine rings is 1. The molecule has 0 bridgehead atoms. The Morgan fingerprint density at radius 3 is 2.62 bits per heavy atom. The standard InChI is InChI=1S/C18H17Cl2FN2O2.ClH/c19-13-9-14(20)15(21)8-12(13)16-10-23(6-7-25-16)18(24)17(22)11-4-2-1-3-5-11;/h1-5,8-9,16-17H,6-7,10,22H2;1H. The van der Waals surface area contributed by atoms with E-state index in [2.05, 4.69) is 0 Å². The summed E-state index contributed by atoms with van der Waals surface area (Å²) < 4.78 is 19.4. The molecule has 0 spiro atoms. The summed E-state index contributed by atoms with van der Waals surface area (Å²) in [7, 11) is 0. The maximum atomic E-state index is 13.8. The monoisotopic (exact) mass is 418 g/mol. The second-order valence-corrected chi connectivity index (χ2v) is 6.63. The number of rotatable bonds is 3. The molecule has 0 aliphatic carbocycles. The third kappa shape index (κ3) is 4.48. The van der Waals surface area contributed by atoms with Crippen LogP contribution in [-0.4, -0.2) is 30.5 Å². The minimum absolute atomic E-state index is 0. The highest BCUT2D eigenvalue weighted by Gasteiger charge is 2.30. The summed E-state index contributed by atoms with van der Waals surface area (Å²) in [5.41, 5.74) is 7.30. The largest absolute Gasteiger partial charge is 0.370 e. The Balaban J connectivity index is 0.00000243. The van der Waals surface area contributed by atoms with E-state index in [1.165, 1.54) is 12.1 Å². The third-order valence-corrected chi connectivity index (χ3v) is 4.81. The molecule has 0 radical (unpaired) electrons. The SMILES string of the molecule is Cl.NC(C(=O)N1CCOC(c2cc(F)c(Cl)cc2Cl)C1)c1ccccc1. The van der Waals surface area contributed by atoms with E-state index in [4.69, 9.17) is 33.7 Å². The number of hydrogen-bond donors (Lipinski definition) is 1. The quantitative estimate of drug-likeness (QED) is 0.760. The predicted molar refractivity (Wildman–Crippen MR) is 102 cm³/mol. The highest BCUT2D eigenvalue weighted by molar-refractivity contribution is 6.35. The van der Waals surface area contributed by atoms with E-state index in [9.17, 15) is 9.18 Å². The van der Waals surface area contributed by atoms with Gasteiger partial charge >= 0.3 is 0 Å². The molecule has 1 aliphatic rings. The summed E-state index contributed by atoms with van der Waals surface area (Å²) >= 11 is 11.9. The molecule has 2 unspecified atom stereocenters. The fourth-order valence-electron chi connectivity index (χ4n) is 2.82. The first-order valence-electron chi connectivity index (χ1n) is 7.82. The van der Waals surface area contributed by atoms with Gasteiger partial charge in [0.25, 0.3) is 0 Å². The fourth-order valence-corrected chi connectivity index (χ4v) is 3.33. The van der Waals surface area contributed by atoms with E-state index in [0.717, 1.165) is 5.56 Å². The van der Waals surface area contributed by atoms with Gasteiger partial charge in [0.1, 0.15) is 18.0 Å². The zero-order valence-electron chi connectivity index (χ0n) is 13.7. The molecule has 1 heterocycles. The first-order valence-corrected chi connectivity index (χ1v) is 8.58. The number of carbonyl (C=O) groups excluding carboxylic acids is 1. The van der Waals surface area contributed by atoms with Crippen LogP contribution in [-0.2, 0) is 9.53 Å². The van der Waals surface area contributed by atoms with Gasteiger partial charge in [-0.2, -0.15) is 0 Å². The number of benzene rings is 2. The third-order valence-electron chi connectivity index (χ3n) is 4.19. The highest BCUT2D eigenvalue weighted by atomic mass is 35.5. The van der Waals surface area contributed by atoms with Crippen molar-refractivity contribution in [3.8, 4) is 0 Å². The van der Waals surface area contributed by atoms with E-state index >= 15 is 0 Å². The van der Waals surface area contributed by atoms with Crippen LogP contribution in [0, 0.1) is 5.82 Å². The van der Waals surface area contributed by atoms with Crippen LogP contribution in [0.4, 0.5) is 4.39 Å². The number of amides is 1. The molecular formula is C18H18Cl3FN2O2. The van der Waals surface area contributed by atoms with Gasteiger partial charge in [-0.05, 0) is 17.7 Å². The van der Waals surface area contributed by atoms with Gasteiger partial charge in [0.2, 0.25) is 5.91 Å². The second kappa shape index (κ2) is 9.02. The average Bonchev–Trinajstić information content (AvgIpc) is 2.64. The van der Waals surface area contributed by atoms with Crippen molar-refractivity contribution in [1.29, 1.82) is 0 Å². The maximum Gasteiger partial charge on any atom is 0.244 e. The molecular weight excluding hydrogens is 402 g/mol. The van der Waals surface area contributed by atoms with Crippen molar-refractivity contribution in [2.75, 3.05) is 19.7 Å². The molecule has 4 nitrogen and oxygen atoms in total. The number of halogens is 4. The summed E-state index contributed by atoms with van der Waals surface area (Å²) in [6.45, 7) is 0.988. The molecule has 1 aliphatic heterocycles. The fraction of sp³-hybridized carbons (Fsp3) is 0.278. The van der Waals surface area contributed by atoms with Crippen LogP contribution in [0.25, 0.3) is 0 Å². The molecule has 2 aromatic carbocycles. The maximum absolute atomic E-state index is 13.8. The normalized spacial score (nSPS) is 18.2. The smallest absolute Gasteiger partial charge is 0.244 e. The van der Waals surface area contributed by atoms with Gasteiger partial charge in [0.05, 0.1) is 18.2 Å². The lowest BCUT2D eigenvalue weighted by molar-refractivity contribution is -0.140. The lowest BCUT2D eigenvalue weighted by Crippen LogP contribution is -2.46. The van der Waals surface area contributed by atoms with E-state index < -0.39 is 18.0 Å². The Kier molecular flexibility index (Phi) is 7.26. The number of nitrogens with zero attached hydrogens (tertiary/aromatic N) is 1. The number of hydrogen-bond acceptors (Lipinski definition) is 3. The molecule has 26 heavy (non-hydrogen) atoms. The molecule has 1 fully saturated rings. The van der Waals surface area contributed by atoms with Crippen molar-refractivity contribution in [3.05, 3.63) is 69.5 Å². The summed E-state index contributed by atoms with van der Waals surface area (Å²) in [5.74, 6) is -0.779. The molecule has 3 rings (SSSR count). The molecule has 2 N–H and O–H groups in total. The predicted octanol–water partition coefficient (Wildman–Crippen LogP) is 4.15. The van der Waals surface area contributed by atoms with Crippen LogP contribution < -0.4 is 5.73 Å². The van der Waals surface area contributed by atoms with Gasteiger partial charge < -0.3 is 15.4 Å². The van der Waals surface area contributed by atoms with Crippen molar-refractivity contribution in [1.82, 2.24) is 4.90 Å². The van der Waals surface area contributed by atoms with Crippen molar-refractivity contribution in [3.63, 3.8) is 0 Å². The molecule has 1 saturated heterocycles. The van der Waals surface area contributed by atoms with Crippen LogP contribution in [0.1, 0.15) is 23.3 Å². The molecule has 0 saturated carbocycles. The van der Waals surface area contributed by atoms with Crippen LogP contribution in [0.2, 0.25) is 10.0 Å². The summed E-state index contributed by atoms with van der Waals surface area (Å²) in [6.07, 6.45) is -0.528. The van der Waals surface area contributed by atoms with Crippen molar-refractivity contribution in [2.45, 2.75) is 12.1 Å². The number of nitrogens with two attached hydrogens (primary N) is 1. The highest BCUT2D eigenvalue weighted by Crippen LogP contribution is 2.32. The summed E-state index contributed by atoms with van der Waals surface area (Å²) in [4.78, 5) is 14.3. The zero-order valence-corrected chi connectivity index (χ0v) is 16.0. The Morgan fingerprint density at radius 2 is 1.92 bits per heavy atom. The molecule has 2 aromatic rings. The van der Waals surface area contributed by atoms with Crippen LogP contribution in [0.3, 0.4) is 0 Å². The van der Waals surface area contributed by atoms with Gasteiger partial charge in [0.15, 0.2) is 0 Å². The van der Waals surface area contributed by atoms with E-state index in [0.29, 0.717) is 23.7 Å². The Labute approximate surface area is 167 Å². The molecule has 140 valence electrons. The Bertz CT molecular complexity index is 777. The number of ether oxygens (including phenoxy) is 1. The van der Waals surface area contributed by atoms with Crippen molar-refractivity contribution < 1.29 is 13.9 Å². The average molecular weight is 420 g/mol. The van der Waals surface area contributed by atoms with Crippen LogP contribution in [0.5, 0.6) is 0 Å². The van der Waals surface area contributed by atoms with Crippen LogP contribution >= 0.6 is 35.6 Å². The zero-order chi connectivity index (χ0) is 18.0. The lowest BCUT2D eigenvalue weighted by atomic mass is 10.0. The van der Waals surface area contributed by atoms with E-state index in [1.54, 1.807) is 4.90 Å². The van der Waals surface area contributed by atoms with E-state index in [-0.39, 0.29) is 29.9 Å². The topological polar surface area (TPSA) is 55.6 Å². The summed E-state index contributed by atoms with van der Waals surface area (Å²) in [5, 5.41) is 0.252. The van der Waals surface area contributed by atoms with Gasteiger partial charge in [-0.1, -0.05) is 53.5 Å². The van der Waals surface area contributed by atoms with E-state index in [1.807, 2.05) is 30.3 Å². The molecule has 1 amide bonds. The minimum atomic E-state index is -0.752. The first-order chi connectivity index (χ1) is 12.0. The van der Waals surface area contributed by atoms with Gasteiger partial charge in [-0.15, -0.1) is 12.4 Å². The minimum Gasteiger partial charge on any atom is -0.370 e. The Morgan fingerprint density at radius 1 is 1.23 bits per heavy atom. The van der Waals surface area contributed by atoms with Gasteiger partial charge in [-0.25, -0.2) is 4.39 Å². The lowest BCUT2D eigenvalue weighted by Gasteiger charge is -2.35.